The van der Waals surface area contributed by atoms with Gasteiger partial charge in [0, 0.05) is 32.5 Å². The van der Waals surface area contributed by atoms with Gasteiger partial charge in [0.25, 0.3) is 5.91 Å². The standard InChI is InChI=1S/C26H35FN4O6/c1-16(2)34-14-11-28-23(32)20-7-6-8-21(22(20)27)37-25-18(5)24(29-15-30-25)36-19-9-12-31(13-10-19)26(33)35-17(3)4/h6-8,15-17,19H,9-14H2,1-5H3,(H,28,32). The van der Waals surface area contributed by atoms with E-state index < -0.39 is 11.7 Å². The lowest BCUT2D eigenvalue weighted by Crippen LogP contribution is -2.42. The van der Waals surface area contributed by atoms with Gasteiger partial charge < -0.3 is 29.2 Å². The summed E-state index contributed by atoms with van der Waals surface area (Å²) in [5.41, 5.74) is 0.345. The van der Waals surface area contributed by atoms with Gasteiger partial charge in [-0.05, 0) is 46.8 Å². The van der Waals surface area contributed by atoms with Crippen molar-refractivity contribution in [1.82, 2.24) is 20.2 Å². The van der Waals surface area contributed by atoms with Gasteiger partial charge in [-0.1, -0.05) is 6.07 Å². The zero-order chi connectivity index (χ0) is 26.9. The third kappa shape index (κ3) is 8.01. The molecule has 0 saturated carbocycles. The monoisotopic (exact) mass is 518 g/mol. The smallest absolute Gasteiger partial charge is 0.410 e. The van der Waals surface area contributed by atoms with Gasteiger partial charge in [0.1, 0.15) is 12.4 Å². The summed E-state index contributed by atoms with van der Waals surface area (Å²) < 4.78 is 37.5. The van der Waals surface area contributed by atoms with Crippen molar-refractivity contribution in [2.24, 2.45) is 0 Å². The van der Waals surface area contributed by atoms with E-state index in [0.29, 0.717) is 44.0 Å². The molecule has 2 amide bonds. The number of carbonyl (C=O) groups excluding carboxylic acids is 2. The number of nitrogens with zero attached hydrogens (tertiary/aromatic N) is 3. The van der Waals surface area contributed by atoms with E-state index in [2.05, 4.69) is 15.3 Å². The van der Waals surface area contributed by atoms with Crippen LogP contribution in [0.3, 0.4) is 0 Å². The molecule has 1 saturated heterocycles. The maximum Gasteiger partial charge on any atom is 0.410 e. The predicted molar refractivity (Wildman–Crippen MR) is 134 cm³/mol. The van der Waals surface area contributed by atoms with Crippen molar-refractivity contribution in [3.05, 3.63) is 41.5 Å². The van der Waals surface area contributed by atoms with Crippen LogP contribution in [0.1, 0.15) is 56.5 Å². The highest BCUT2D eigenvalue weighted by atomic mass is 19.1. The summed E-state index contributed by atoms with van der Waals surface area (Å²) in [7, 11) is 0. The van der Waals surface area contributed by atoms with Gasteiger partial charge in [-0.15, -0.1) is 0 Å². The minimum absolute atomic E-state index is 0.0386. The van der Waals surface area contributed by atoms with Crippen molar-refractivity contribution in [2.75, 3.05) is 26.2 Å². The van der Waals surface area contributed by atoms with Crippen LogP contribution >= 0.6 is 0 Å². The molecule has 1 aliphatic heterocycles. The number of halogens is 1. The molecule has 0 spiro atoms. The quantitative estimate of drug-likeness (QED) is 0.465. The van der Waals surface area contributed by atoms with E-state index >= 15 is 4.39 Å². The van der Waals surface area contributed by atoms with Gasteiger partial charge in [-0.25, -0.2) is 19.2 Å². The van der Waals surface area contributed by atoms with Crippen molar-refractivity contribution < 1.29 is 32.9 Å². The SMILES string of the molecule is Cc1c(Oc2cccc(C(=O)NCCOC(C)C)c2F)ncnc1OC1CCN(C(=O)OC(C)C)CC1. The fraction of sp³-hybridized carbons (Fsp3) is 0.538. The number of benzene rings is 1. The molecule has 3 rings (SSSR count). The molecule has 0 aliphatic carbocycles. The topological polar surface area (TPSA) is 112 Å². The molecule has 1 aliphatic rings. The Bertz CT molecular complexity index is 1070. The van der Waals surface area contributed by atoms with Gasteiger partial charge in [-0.3, -0.25) is 4.79 Å². The Labute approximate surface area is 216 Å². The Morgan fingerprint density at radius 3 is 2.49 bits per heavy atom. The number of likely N-dealkylation sites (tertiary alicyclic amines) is 1. The van der Waals surface area contributed by atoms with Crippen LogP contribution in [0.4, 0.5) is 9.18 Å². The lowest BCUT2D eigenvalue weighted by molar-refractivity contribution is 0.0504. The van der Waals surface area contributed by atoms with E-state index in [-0.39, 0.29) is 48.1 Å². The molecule has 0 radical (unpaired) electrons. The molecule has 1 fully saturated rings. The van der Waals surface area contributed by atoms with E-state index in [1.165, 1.54) is 24.5 Å². The second kappa shape index (κ2) is 13.2. The molecule has 10 nitrogen and oxygen atoms in total. The molecule has 1 aromatic heterocycles. The van der Waals surface area contributed by atoms with Crippen LogP contribution in [0, 0.1) is 12.7 Å². The number of nitrogens with one attached hydrogen (secondary N) is 1. The van der Waals surface area contributed by atoms with E-state index in [0.717, 1.165) is 0 Å². The zero-order valence-electron chi connectivity index (χ0n) is 22.0. The number of ether oxygens (including phenoxy) is 4. The molecule has 0 atom stereocenters. The Hall–Kier alpha value is -3.47. The molecule has 202 valence electrons. The maximum atomic E-state index is 15.1. The number of aromatic nitrogens is 2. The second-order valence-electron chi connectivity index (χ2n) is 9.24. The third-order valence-corrected chi connectivity index (χ3v) is 5.56. The predicted octanol–water partition coefficient (Wildman–Crippen LogP) is 4.26. The van der Waals surface area contributed by atoms with Crippen molar-refractivity contribution in [3.63, 3.8) is 0 Å². The highest BCUT2D eigenvalue weighted by molar-refractivity contribution is 5.94. The second-order valence-corrected chi connectivity index (χ2v) is 9.24. The molecule has 0 unspecified atom stereocenters. The summed E-state index contributed by atoms with van der Waals surface area (Å²) >= 11 is 0. The lowest BCUT2D eigenvalue weighted by atomic mass is 10.1. The fourth-order valence-corrected chi connectivity index (χ4v) is 3.65. The highest BCUT2D eigenvalue weighted by Crippen LogP contribution is 2.31. The first kappa shape index (κ1) is 28.1. The van der Waals surface area contributed by atoms with Gasteiger partial charge >= 0.3 is 6.09 Å². The molecule has 0 bridgehead atoms. The van der Waals surface area contributed by atoms with Crippen LogP contribution in [-0.2, 0) is 9.47 Å². The summed E-state index contributed by atoms with van der Waals surface area (Å²) in [5.74, 6) is -1.08. The highest BCUT2D eigenvalue weighted by Gasteiger charge is 2.27. The lowest BCUT2D eigenvalue weighted by Gasteiger charge is -2.31. The minimum Gasteiger partial charge on any atom is -0.474 e. The normalized spacial score (nSPS) is 14.1. The molecular weight excluding hydrogens is 483 g/mol. The summed E-state index contributed by atoms with van der Waals surface area (Å²) in [6.07, 6.45) is 1.87. The number of carbonyl (C=O) groups is 2. The first-order valence-electron chi connectivity index (χ1n) is 12.5. The number of hydrogen-bond donors (Lipinski definition) is 1. The van der Waals surface area contributed by atoms with E-state index in [9.17, 15) is 9.59 Å². The molecule has 11 heteroatoms. The van der Waals surface area contributed by atoms with Crippen LogP contribution in [-0.4, -0.2) is 71.4 Å². The van der Waals surface area contributed by atoms with Crippen LogP contribution in [0.2, 0.25) is 0 Å². The van der Waals surface area contributed by atoms with Gasteiger partial charge in [0.2, 0.25) is 11.8 Å². The molecule has 1 N–H and O–H groups in total. The average molecular weight is 519 g/mol. The fourth-order valence-electron chi connectivity index (χ4n) is 3.65. The summed E-state index contributed by atoms with van der Waals surface area (Å²) in [6, 6.07) is 4.33. The van der Waals surface area contributed by atoms with Crippen LogP contribution in [0.5, 0.6) is 17.5 Å². The Morgan fingerprint density at radius 2 is 1.81 bits per heavy atom. The Balaban J connectivity index is 1.62. The van der Waals surface area contributed by atoms with Crippen molar-refractivity contribution in [1.29, 1.82) is 0 Å². The first-order chi connectivity index (χ1) is 17.7. The largest absolute Gasteiger partial charge is 0.474 e. The van der Waals surface area contributed by atoms with E-state index in [4.69, 9.17) is 18.9 Å². The average Bonchev–Trinajstić information content (AvgIpc) is 2.85. The maximum absolute atomic E-state index is 15.1. The minimum atomic E-state index is -0.800. The Kier molecular flexibility index (Phi) is 10.0. The number of hydrogen-bond acceptors (Lipinski definition) is 8. The first-order valence-corrected chi connectivity index (χ1v) is 12.5. The molecular formula is C26H35FN4O6. The Morgan fingerprint density at radius 1 is 1.11 bits per heavy atom. The number of piperidine rings is 1. The van der Waals surface area contributed by atoms with Gasteiger partial charge in [0.05, 0.1) is 29.9 Å². The van der Waals surface area contributed by atoms with Crippen molar-refractivity contribution in [3.8, 4) is 17.5 Å². The van der Waals surface area contributed by atoms with Crippen molar-refractivity contribution >= 4 is 12.0 Å². The molecule has 2 aromatic rings. The van der Waals surface area contributed by atoms with Gasteiger partial charge in [-0.2, -0.15) is 0 Å². The van der Waals surface area contributed by atoms with Crippen molar-refractivity contribution in [2.45, 2.75) is 65.8 Å². The number of amides is 2. The van der Waals surface area contributed by atoms with Gasteiger partial charge in [0.15, 0.2) is 11.6 Å². The molecule has 1 aromatic carbocycles. The van der Waals surface area contributed by atoms with Crippen LogP contribution < -0.4 is 14.8 Å². The van der Waals surface area contributed by atoms with E-state index in [1.54, 1.807) is 11.8 Å². The molecule has 37 heavy (non-hydrogen) atoms. The summed E-state index contributed by atoms with van der Waals surface area (Å²) in [6.45, 7) is 10.7. The summed E-state index contributed by atoms with van der Waals surface area (Å²) in [5, 5.41) is 2.63. The zero-order valence-corrected chi connectivity index (χ0v) is 22.0. The van der Waals surface area contributed by atoms with Crippen LogP contribution in [0.15, 0.2) is 24.5 Å². The van der Waals surface area contributed by atoms with E-state index in [1.807, 2.05) is 27.7 Å². The van der Waals surface area contributed by atoms with Crippen LogP contribution in [0.25, 0.3) is 0 Å². The summed E-state index contributed by atoms with van der Waals surface area (Å²) in [4.78, 5) is 34.5. The molecule has 2 heterocycles. The number of rotatable bonds is 10. The third-order valence-electron chi connectivity index (χ3n) is 5.56.